The highest BCUT2D eigenvalue weighted by Gasteiger charge is 2.92. The maximum absolute atomic E-state index is 13.4. The van der Waals surface area contributed by atoms with Gasteiger partial charge in [-0.1, -0.05) is 12.1 Å². The average molecular weight is 456 g/mol. The molecule has 0 amide bonds. The van der Waals surface area contributed by atoms with Gasteiger partial charge in [-0.15, -0.1) is 0 Å². The topological polar surface area (TPSA) is 46.5 Å². The summed E-state index contributed by atoms with van der Waals surface area (Å²) in [6.07, 6.45) is -14.6. The predicted octanol–water partition coefficient (Wildman–Crippen LogP) is 5.25. The van der Waals surface area contributed by atoms with E-state index in [2.05, 4.69) is 4.74 Å². The van der Waals surface area contributed by atoms with Crippen LogP contribution in [0.15, 0.2) is 24.3 Å². The van der Waals surface area contributed by atoms with Gasteiger partial charge in [0.15, 0.2) is 0 Å². The third kappa shape index (κ3) is 3.63. The Labute approximate surface area is 150 Å². The summed E-state index contributed by atoms with van der Waals surface area (Å²) in [6, 6.07) is 2.75. The molecule has 1 aromatic rings. The maximum Gasteiger partial charge on any atom is 0.473 e. The van der Waals surface area contributed by atoms with Gasteiger partial charge in [-0.25, -0.2) is 4.79 Å². The molecule has 0 aliphatic carbocycles. The van der Waals surface area contributed by atoms with Crippen molar-refractivity contribution in [1.29, 1.82) is 0 Å². The fourth-order valence-electron chi connectivity index (χ4n) is 1.64. The summed E-state index contributed by atoms with van der Waals surface area (Å²) in [5.74, 6) is -35.8. The number of carbonyl (C=O) groups is 1. The third-order valence-electron chi connectivity index (χ3n) is 3.25. The van der Waals surface area contributed by atoms with Crippen LogP contribution in [0.1, 0.15) is 10.4 Å². The molecule has 0 spiro atoms. The van der Waals surface area contributed by atoms with E-state index in [9.17, 15) is 61.9 Å². The number of hydrogen-bond donors (Lipinski definition) is 1. The van der Waals surface area contributed by atoms with Crippen LogP contribution in [-0.4, -0.2) is 47.1 Å². The Hall–Kier alpha value is -2.42. The van der Waals surface area contributed by atoms with Crippen molar-refractivity contribution in [1.82, 2.24) is 0 Å². The lowest BCUT2D eigenvalue weighted by atomic mass is 9.97. The molecule has 3 nitrogen and oxygen atoms in total. The number of aromatic hydroxyl groups is 1. The summed E-state index contributed by atoms with van der Waals surface area (Å²) in [7, 11) is 0. The van der Waals surface area contributed by atoms with Crippen molar-refractivity contribution in [2.45, 2.75) is 36.0 Å². The molecule has 0 aliphatic heterocycles. The molecule has 0 aliphatic rings. The number of carbonyl (C=O) groups excluding carboxylic acids is 1. The van der Waals surface area contributed by atoms with Gasteiger partial charge < -0.3 is 9.84 Å². The Bertz CT molecular complexity index is 769. The number of alkyl halides is 13. The molecule has 0 radical (unpaired) electrons. The van der Waals surface area contributed by atoms with Crippen molar-refractivity contribution in [3.63, 3.8) is 0 Å². The molecule has 0 aromatic heterocycles. The first-order chi connectivity index (χ1) is 12.6. The van der Waals surface area contributed by atoms with Gasteiger partial charge in [0, 0.05) is 0 Å². The first-order valence-electron chi connectivity index (χ1n) is 6.62. The van der Waals surface area contributed by atoms with Crippen molar-refractivity contribution in [3.8, 4) is 5.75 Å². The summed E-state index contributed by atoms with van der Waals surface area (Å²) < 4.78 is 170. The number of phenolic OH excluding ortho intramolecular Hbond substituents is 1. The van der Waals surface area contributed by atoms with Gasteiger partial charge >= 0.3 is 41.9 Å². The highest BCUT2D eigenvalue weighted by molar-refractivity contribution is 5.92. The Morgan fingerprint density at radius 2 is 1.10 bits per heavy atom. The molecule has 1 N–H and O–H groups in total. The number of para-hydroxylation sites is 1. The second-order valence-electron chi connectivity index (χ2n) is 5.22. The summed E-state index contributed by atoms with van der Waals surface area (Å²) >= 11 is 0. The molecule has 0 bridgehead atoms. The molecule has 0 saturated heterocycles. The Morgan fingerprint density at radius 3 is 1.52 bits per heavy atom. The van der Waals surface area contributed by atoms with Crippen molar-refractivity contribution in [2.75, 3.05) is 0 Å². The van der Waals surface area contributed by atoms with Crippen molar-refractivity contribution in [3.05, 3.63) is 29.8 Å². The van der Waals surface area contributed by atoms with Gasteiger partial charge in [-0.3, -0.25) is 0 Å². The number of phenols is 1. The summed E-state index contributed by atoms with van der Waals surface area (Å²) in [5.41, 5.74) is -1.38. The monoisotopic (exact) mass is 456 g/mol. The van der Waals surface area contributed by atoms with Crippen LogP contribution in [0.3, 0.4) is 0 Å². The van der Waals surface area contributed by atoms with E-state index in [0.29, 0.717) is 12.1 Å². The standard InChI is InChI=1S/C13H5F13O3/c14-8(15,10(18,19)12(22,23)24)9(16,17)11(20,21)13(25,26)29-7(28)5-3-1-2-4-6(5)27/h1-4,27H. The lowest BCUT2D eigenvalue weighted by molar-refractivity contribution is -0.459. The lowest BCUT2D eigenvalue weighted by Gasteiger charge is -2.38. The number of hydrogen-bond acceptors (Lipinski definition) is 3. The second kappa shape index (κ2) is 6.83. The van der Waals surface area contributed by atoms with Crippen LogP contribution in [0.4, 0.5) is 57.1 Å². The molecule has 29 heavy (non-hydrogen) atoms. The second-order valence-corrected chi connectivity index (χ2v) is 5.22. The average Bonchev–Trinajstić information content (AvgIpc) is 2.52. The minimum absolute atomic E-state index is 0.413. The number of ether oxygens (including phenoxy) is 1. The summed E-state index contributed by atoms with van der Waals surface area (Å²) in [6.45, 7) is 0. The normalized spacial score (nSPS) is 14.7. The van der Waals surface area contributed by atoms with E-state index >= 15 is 0 Å². The minimum atomic E-state index is -8.10. The molecule has 16 heteroatoms. The van der Waals surface area contributed by atoms with E-state index in [4.69, 9.17) is 5.11 Å². The first kappa shape index (κ1) is 24.6. The fraction of sp³-hybridized carbons (Fsp3) is 0.462. The number of rotatable bonds is 6. The van der Waals surface area contributed by atoms with Crippen molar-refractivity contribution in [2.24, 2.45) is 0 Å². The zero-order chi connectivity index (χ0) is 23.3. The van der Waals surface area contributed by atoms with Crippen LogP contribution in [0.2, 0.25) is 0 Å². The molecule has 1 rings (SSSR count). The fourth-order valence-corrected chi connectivity index (χ4v) is 1.64. The molecule has 166 valence electrons. The Balaban J connectivity index is 3.39. The Kier molecular flexibility index (Phi) is 5.80. The Morgan fingerprint density at radius 1 is 0.690 bits per heavy atom. The van der Waals surface area contributed by atoms with Gasteiger partial charge in [0.25, 0.3) is 0 Å². The van der Waals surface area contributed by atoms with E-state index in [1.54, 1.807) is 0 Å². The van der Waals surface area contributed by atoms with Crippen molar-refractivity contribution >= 4 is 5.97 Å². The van der Waals surface area contributed by atoms with Crippen LogP contribution in [0, 0.1) is 0 Å². The van der Waals surface area contributed by atoms with Crippen LogP contribution < -0.4 is 0 Å². The third-order valence-corrected chi connectivity index (χ3v) is 3.25. The molecule has 0 fully saturated rings. The highest BCUT2D eigenvalue weighted by atomic mass is 19.4. The number of esters is 1. The molecular formula is C13H5F13O3. The SMILES string of the molecule is O=C(OC(F)(F)C(F)(F)C(F)(F)C(F)(F)C(F)(F)C(F)(F)F)c1ccccc1O. The molecule has 1 aromatic carbocycles. The minimum Gasteiger partial charge on any atom is -0.507 e. The molecule has 0 heterocycles. The van der Waals surface area contributed by atoms with Gasteiger partial charge in [-0.05, 0) is 12.1 Å². The zero-order valence-corrected chi connectivity index (χ0v) is 13.0. The van der Waals surface area contributed by atoms with Crippen LogP contribution in [0.25, 0.3) is 0 Å². The number of halogens is 13. The predicted molar refractivity (Wildman–Crippen MR) is 64.3 cm³/mol. The van der Waals surface area contributed by atoms with E-state index < -0.39 is 53.3 Å². The van der Waals surface area contributed by atoms with E-state index in [-0.39, 0.29) is 0 Å². The summed E-state index contributed by atoms with van der Waals surface area (Å²) in [5, 5.41) is 9.14. The first-order valence-corrected chi connectivity index (χ1v) is 6.62. The zero-order valence-electron chi connectivity index (χ0n) is 13.0. The highest BCUT2D eigenvalue weighted by Crippen LogP contribution is 2.60. The smallest absolute Gasteiger partial charge is 0.473 e. The van der Waals surface area contributed by atoms with E-state index in [1.807, 2.05) is 0 Å². The lowest BCUT2D eigenvalue weighted by Crippen LogP contribution is -2.70. The van der Waals surface area contributed by atoms with Gasteiger partial charge in [0.1, 0.15) is 11.3 Å². The molecular weight excluding hydrogens is 451 g/mol. The largest absolute Gasteiger partial charge is 0.507 e. The quantitative estimate of drug-likeness (QED) is 0.471. The van der Waals surface area contributed by atoms with Crippen LogP contribution in [0.5, 0.6) is 5.75 Å². The van der Waals surface area contributed by atoms with Crippen molar-refractivity contribution < 1.29 is 71.7 Å². The van der Waals surface area contributed by atoms with Crippen LogP contribution >= 0.6 is 0 Å². The van der Waals surface area contributed by atoms with Gasteiger partial charge in [0.2, 0.25) is 0 Å². The molecule has 0 atom stereocenters. The molecule has 0 saturated carbocycles. The maximum atomic E-state index is 13.4. The molecule has 0 unspecified atom stereocenters. The van der Waals surface area contributed by atoms with Gasteiger partial charge in [0.05, 0.1) is 0 Å². The van der Waals surface area contributed by atoms with E-state index in [0.717, 1.165) is 12.1 Å². The van der Waals surface area contributed by atoms with Gasteiger partial charge in [-0.2, -0.15) is 57.1 Å². The summed E-state index contributed by atoms with van der Waals surface area (Å²) in [4.78, 5) is 11.3. The van der Waals surface area contributed by atoms with E-state index in [1.165, 1.54) is 0 Å². The van der Waals surface area contributed by atoms with Crippen LogP contribution in [-0.2, 0) is 4.74 Å². The number of benzene rings is 1.